The molecule has 1 unspecified atom stereocenters. The number of para-hydroxylation sites is 1. The van der Waals surface area contributed by atoms with E-state index in [0.29, 0.717) is 5.56 Å². The minimum atomic E-state index is -0.473. The van der Waals surface area contributed by atoms with E-state index < -0.39 is 4.92 Å². The Labute approximate surface area is 110 Å². The topological polar surface area (TPSA) is 107 Å². The molecule has 1 atom stereocenters. The molecule has 19 heavy (non-hydrogen) atoms. The zero-order valence-corrected chi connectivity index (χ0v) is 10.7. The Bertz CT molecular complexity index is 446. The average Bonchev–Trinajstić information content (AvgIpc) is 2.42. The smallest absolute Gasteiger partial charge is 0.274 e. The van der Waals surface area contributed by atoms with Gasteiger partial charge in [-0.05, 0) is 0 Å². The first kappa shape index (κ1) is 15.1. The van der Waals surface area contributed by atoms with Gasteiger partial charge in [0.25, 0.3) is 5.69 Å². The van der Waals surface area contributed by atoms with Gasteiger partial charge in [0.1, 0.15) is 0 Å². The molecular formula is C12H17N3O4. The minimum Gasteiger partial charge on any atom is -0.380 e. The fraction of sp³-hybridized carbons (Fsp3) is 0.417. The Morgan fingerprint density at radius 2 is 2.21 bits per heavy atom. The summed E-state index contributed by atoms with van der Waals surface area (Å²) >= 11 is 0. The quantitative estimate of drug-likeness (QED) is 0.555. The van der Waals surface area contributed by atoms with E-state index in [1.165, 1.54) is 13.2 Å². The lowest BCUT2D eigenvalue weighted by atomic mass is 10.1. The zero-order valence-electron chi connectivity index (χ0n) is 10.7. The van der Waals surface area contributed by atoms with Gasteiger partial charge >= 0.3 is 0 Å². The number of rotatable bonds is 7. The predicted octanol–water partition coefficient (Wildman–Crippen LogP) is 0.575. The van der Waals surface area contributed by atoms with Crippen molar-refractivity contribution >= 4 is 11.6 Å². The number of benzene rings is 1. The Kier molecular flexibility index (Phi) is 5.91. The Balaban J connectivity index is 2.57. The van der Waals surface area contributed by atoms with Crippen molar-refractivity contribution in [3.63, 3.8) is 0 Å². The molecular weight excluding hydrogens is 250 g/mol. The fourth-order valence-corrected chi connectivity index (χ4v) is 1.57. The number of nitrogens with two attached hydrogens (primary N) is 1. The van der Waals surface area contributed by atoms with Gasteiger partial charge in [0.05, 0.1) is 17.4 Å². The zero-order chi connectivity index (χ0) is 14.3. The summed E-state index contributed by atoms with van der Waals surface area (Å²) in [5, 5.41) is 13.4. The molecule has 0 radical (unpaired) electrons. The lowest BCUT2D eigenvalue weighted by molar-refractivity contribution is -0.385. The van der Waals surface area contributed by atoms with Gasteiger partial charge < -0.3 is 15.8 Å². The second kappa shape index (κ2) is 7.45. The molecule has 0 saturated carbocycles. The van der Waals surface area contributed by atoms with Crippen LogP contribution in [0.5, 0.6) is 0 Å². The van der Waals surface area contributed by atoms with E-state index in [0.717, 1.165) is 0 Å². The van der Waals surface area contributed by atoms with E-state index in [2.05, 4.69) is 5.32 Å². The van der Waals surface area contributed by atoms with Gasteiger partial charge in [-0.3, -0.25) is 14.9 Å². The first-order valence-corrected chi connectivity index (χ1v) is 5.80. The van der Waals surface area contributed by atoms with E-state index in [1.54, 1.807) is 18.2 Å². The third-order valence-corrected chi connectivity index (χ3v) is 2.67. The Morgan fingerprint density at radius 1 is 1.53 bits per heavy atom. The number of nitrogens with one attached hydrogen (secondary N) is 1. The largest absolute Gasteiger partial charge is 0.380 e. The summed E-state index contributed by atoms with van der Waals surface area (Å²) in [6.45, 7) is 0.354. The van der Waals surface area contributed by atoms with Crippen LogP contribution in [-0.4, -0.2) is 30.6 Å². The molecule has 0 fully saturated rings. The van der Waals surface area contributed by atoms with Crippen LogP contribution < -0.4 is 11.1 Å². The van der Waals surface area contributed by atoms with Crippen LogP contribution in [0.1, 0.15) is 12.0 Å². The molecule has 1 aromatic carbocycles. The number of amides is 1. The van der Waals surface area contributed by atoms with Gasteiger partial charge in [0.15, 0.2) is 0 Å². The number of nitrogens with zero attached hydrogens (tertiary/aromatic N) is 1. The van der Waals surface area contributed by atoms with Crippen LogP contribution in [0.4, 0.5) is 5.69 Å². The van der Waals surface area contributed by atoms with Gasteiger partial charge in [0.2, 0.25) is 5.91 Å². The molecule has 0 bridgehead atoms. The Morgan fingerprint density at radius 3 is 2.79 bits per heavy atom. The van der Waals surface area contributed by atoms with Crippen molar-refractivity contribution in [3.8, 4) is 0 Å². The van der Waals surface area contributed by atoms with Gasteiger partial charge in [0, 0.05) is 31.8 Å². The van der Waals surface area contributed by atoms with E-state index >= 15 is 0 Å². The van der Waals surface area contributed by atoms with Crippen molar-refractivity contribution < 1.29 is 14.5 Å². The van der Waals surface area contributed by atoms with Crippen LogP contribution in [0.2, 0.25) is 0 Å². The van der Waals surface area contributed by atoms with Crippen LogP contribution in [0.15, 0.2) is 24.3 Å². The molecule has 3 N–H and O–H groups in total. The number of methoxy groups -OCH3 is 1. The summed E-state index contributed by atoms with van der Waals surface area (Å²) in [6.07, 6.45) is -0.209. The molecule has 0 aromatic heterocycles. The molecule has 0 heterocycles. The SMILES string of the molecule is COC(CN)CC(=O)NCc1ccccc1[N+](=O)[O-]. The van der Waals surface area contributed by atoms with Crippen molar-refractivity contribution in [2.45, 2.75) is 19.1 Å². The van der Waals surface area contributed by atoms with Crippen molar-refractivity contribution in [1.29, 1.82) is 0 Å². The average molecular weight is 267 g/mol. The second-order valence-electron chi connectivity index (χ2n) is 3.96. The van der Waals surface area contributed by atoms with E-state index in [1.807, 2.05) is 0 Å². The molecule has 0 aliphatic carbocycles. The van der Waals surface area contributed by atoms with Gasteiger partial charge in [-0.1, -0.05) is 18.2 Å². The lowest BCUT2D eigenvalue weighted by Gasteiger charge is -2.12. The molecule has 1 amide bonds. The van der Waals surface area contributed by atoms with Crippen LogP contribution in [0, 0.1) is 10.1 Å². The number of ether oxygens (including phenoxy) is 1. The van der Waals surface area contributed by atoms with Crippen molar-refractivity contribution in [3.05, 3.63) is 39.9 Å². The number of hydrogen-bond donors (Lipinski definition) is 2. The first-order chi connectivity index (χ1) is 9.08. The summed E-state index contributed by atoms with van der Waals surface area (Å²) < 4.78 is 4.99. The highest BCUT2D eigenvalue weighted by Crippen LogP contribution is 2.17. The standard InChI is InChI=1S/C12H17N3O4/c1-19-10(7-13)6-12(16)14-8-9-4-2-3-5-11(9)15(17)18/h2-5,10H,6-8,13H2,1H3,(H,14,16). The maximum absolute atomic E-state index is 11.6. The number of carbonyl (C=O) groups excluding carboxylic acids is 1. The Hall–Kier alpha value is -1.99. The number of hydrogen-bond acceptors (Lipinski definition) is 5. The molecule has 7 nitrogen and oxygen atoms in total. The summed E-state index contributed by atoms with van der Waals surface area (Å²) in [7, 11) is 1.48. The van der Waals surface area contributed by atoms with E-state index in [4.69, 9.17) is 10.5 Å². The molecule has 104 valence electrons. The van der Waals surface area contributed by atoms with Gasteiger partial charge in [-0.25, -0.2) is 0 Å². The lowest BCUT2D eigenvalue weighted by Crippen LogP contribution is -2.32. The molecule has 0 aliphatic rings. The molecule has 0 saturated heterocycles. The highest BCUT2D eigenvalue weighted by Gasteiger charge is 2.15. The van der Waals surface area contributed by atoms with Crippen LogP contribution in [-0.2, 0) is 16.1 Å². The predicted molar refractivity (Wildman–Crippen MR) is 69.4 cm³/mol. The highest BCUT2D eigenvalue weighted by molar-refractivity contribution is 5.76. The third-order valence-electron chi connectivity index (χ3n) is 2.67. The summed E-state index contributed by atoms with van der Waals surface area (Å²) in [5.74, 6) is -0.254. The highest BCUT2D eigenvalue weighted by atomic mass is 16.6. The van der Waals surface area contributed by atoms with Crippen molar-refractivity contribution in [1.82, 2.24) is 5.32 Å². The molecule has 7 heteroatoms. The number of nitro groups is 1. The number of carbonyl (C=O) groups is 1. The van der Waals surface area contributed by atoms with Crippen LogP contribution in [0.3, 0.4) is 0 Å². The van der Waals surface area contributed by atoms with Crippen LogP contribution in [0.25, 0.3) is 0 Å². The maximum atomic E-state index is 11.6. The number of nitro benzene ring substituents is 1. The summed E-state index contributed by atoms with van der Waals surface area (Å²) in [6, 6.07) is 6.28. The normalized spacial score (nSPS) is 11.9. The van der Waals surface area contributed by atoms with Crippen LogP contribution >= 0.6 is 0 Å². The second-order valence-corrected chi connectivity index (χ2v) is 3.96. The van der Waals surface area contributed by atoms with E-state index in [-0.39, 0.29) is 37.2 Å². The molecule has 0 spiro atoms. The molecule has 1 rings (SSSR count). The van der Waals surface area contributed by atoms with Crippen molar-refractivity contribution in [2.24, 2.45) is 5.73 Å². The molecule has 1 aromatic rings. The van der Waals surface area contributed by atoms with Gasteiger partial charge in [-0.2, -0.15) is 0 Å². The van der Waals surface area contributed by atoms with Gasteiger partial charge in [-0.15, -0.1) is 0 Å². The minimum absolute atomic E-state index is 0.00934. The van der Waals surface area contributed by atoms with Crippen molar-refractivity contribution in [2.75, 3.05) is 13.7 Å². The van der Waals surface area contributed by atoms with E-state index in [9.17, 15) is 14.9 Å². The molecule has 0 aliphatic heterocycles. The first-order valence-electron chi connectivity index (χ1n) is 5.80. The fourth-order valence-electron chi connectivity index (χ4n) is 1.57. The summed E-state index contributed by atoms with van der Waals surface area (Å²) in [5.41, 5.74) is 5.86. The monoisotopic (exact) mass is 267 g/mol. The third kappa shape index (κ3) is 4.65. The maximum Gasteiger partial charge on any atom is 0.274 e. The summed E-state index contributed by atoms with van der Waals surface area (Å²) in [4.78, 5) is 21.9.